The topological polar surface area (TPSA) is 54.3 Å². The predicted molar refractivity (Wildman–Crippen MR) is 93.9 cm³/mol. The molecule has 0 radical (unpaired) electrons. The molecule has 0 spiro atoms. The number of ether oxygens (including phenoxy) is 1. The van der Waals surface area contributed by atoms with Gasteiger partial charge >= 0.3 is 17.8 Å². The van der Waals surface area contributed by atoms with E-state index in [9.17, 15) is 18.0 Å². The molecule has 2 aliphatic heterocycles. The Hall–Kier alpha value is -2.42. The zero-order chi connectivity index (χ0) is 19.1. The van der Waals surface area contributed by atoms with Crippen LogP contribution in [-0.2, 0) is 9.53 Å². The number of fused-ring (bicyclic) bond motifs is 1. The second-order valence-corrected chi connectivity index (χ2v) is 6.57. The number of nitrogens with zero attached hydrogens (tertiary/aromatic N) is 3. The van der Waals surface area contributed by atoms with Crippen molar-refractivity contribution in [3.63, 3.8) is 0 Å². The quantitative estimate of drug-likeness (QED) is 0.676. The lowest BCUT2D eigenvalue weighted by molar-refractivity contribution is -0.202. The van der Waals surface area contributed by atoms with Crippen molar-refractivity contribution in [2.45, 2.75) is 18.8 Å². The molecule has 3 rings (SSSR count). The lowest BCUT2D eigenvalue weighted by atomic mass is 10.1. The zero-order valence-electron chi connectivity index (χ0n) is 13.7. The van der Waals surface area contributed by atoms with Gasteiger partial charge in [-0.15, -0.1) is 0 Å². The van der Waals surface area contributed by atoms with Gasteiger partial charge in [0.15, 0.2) is 0 Å². The zero-order valence-corrected chi connectivity index (χ0v) is 15.3. The number of rotatable bonds is 2. The van der Waals surface area contributed by atoms with Gasteiger partial charge in [-0.25, -0.2) is 14.8 Å². The molecule has 0 bridgehead atoms. The van der Waals surface area contributed by atoms with Crippen molar-refractivity contribution in [3.8, 4) is 0 Å². The van der Waals surface area contributed by atoms with Crippen LogP contribution in [-0.4, -0.2) is 41.5 Å². The van der Waals surface area contributed by atoms with E-state index in [-0.39, 0.29) is 11.7 Å². The van der Waals surface area contributed by atoms with Gasteiger partial charge in [0.05, 0.1) is 7.11 Å². The molecule has 2 heterocycles. The highest BCUT2D eigenvalue weighted by Crippen LogP contribution is 2.40. The van der Waals surface area contributed by atoms with Gasteiger partial charge in [0, 0.05) is 16.2 Å². The maximum Gasteiger partial charge on any atom is 0.445 e. The summed E-state index contributed by atoms with van der Waals surface area (Å²) in [4.78, 5) is 20.8. The number of hydrogen-bond donors (Lipinski definition) is 0. The Kier molecular flexibility index (Phi) is 4.51. The highest BCUT2D eigenvalue weighted by molar-refractivity contribution is 9.11. The van der Waals surface area contributed by atoms with Crippen LogP contribution in [0.4, 0.5) is 13.2 Å². The van der Waals surface area contributed by atoms with Gasteiger partial charge in [-0.05, 0) is 35.0 Å². The van der Waals surface area contributed by atoms with Crippen LogP contribution in [0.25, 0.3) is 0 Å². The van der Waals surface area contributed by atoms with Crippen molar-refractivity contribution >= 4 is 33.6 Å². The Balaban J connectivity index is 2.27. The van der Waals surface area contributed by atoms with Crippen LogP contribution >= 0.6 is 15.9 Å². The maximum absolute atomic E-state index is 13.8. The molecule has 1 aromatic rings. The third kappa shape index (κ3) is 2.96. The first kappa shape index (κ1) is 18.4. The van der Waals surface area contributed by atoms with Gasteiger partial charge in [-0.2, -0.15) is 13.2 Å². The van der Waals surface area contributed by atoms with Gasteiger partial charge in [0.2, 0.25) is 0 Å². The van der Waals surface area contributed by atoms with E-state index in [1.807, 2.05) is 6.92 Å². The molecule has 0 fully saturated rings. The number of halogens is 4. The van der Waals surface area contributed by atoms with Crippen molar-refractivity contribution in [2.24, 2.45) is 9.98 Å². The predicted octanol–water partition coefficient (Wildman–Crippen LogP) is 3.69. The number of carbonyl (C=O) groups excluding carboxylic acids is 1. The fourth-order valence-electron chi connectivity index (χ4n) is 2.51. The summed E-state index contributed by atoms with van der Waals surface area (Å²) in [7, 11) is 0.872. The Morgan fingerprint density at radius 3 is 2.42 bits per heavy atom. The average molecular weight is 428 g/mol. The summed E-state index contributed by atoms with van der Waals surface area (Å²) in [6.45, 7) is 1.86. The van der Waals surface area contributed by atoms with E-state index < -0.39 is 17.8 Å². The Labute approximate surface area is 155 Å². The largest absolute Gasteiger partial charge is 0.465 e. The molecular formula is C17H13BrF3N3O2. The number of amidine groups is 2. The first-order valence-electron chi connectivity index (χ1n) is 7.44. The summed E-state index contributed by atoms with van der Waals surface area (Å²) in [5.41, 5.74) is -2.01. The normalized spacial score (nSPS) is 22.2. The highest BCUT2D eigenvalue weighted by atomic mass is 79.9. The number of methoxy groups -OCH3 is 1. The Morgan fingerprint density at radius 1 is 1.19 bits per heavy atom. The van der Waals surface area contributed by atoms with E-state index in [2.05, 4.69) is 30.7 Å². The maximum atomic E-state index is 13.8. The first-order valence-corrected chi connectivity index (χ1v) is 8.24. The van der Waals surface area contributed by atoms with Crippen LogP contribution in [0.3, 0.4) is 0 Å². The molecule has 0 saturated heterocycles. The molecule has 0 aromatic heterocycles. The second kappa shape index (κ2) is 6.39. The molecular weight excluding hydrogens is 415 g/mol. The third-order valence-corrected chi connectivity index (χ3v) is 4.31. The summed E-state index contributed by atoms with van der Waals surface area (Å²) in [6, 6.07) is 6.76. The van der Waals surface area contributed by atoms with E-state index >= 15 is 0 Å². The van der Waals surface area contributed by atoms with Gasteiger partial charge in [0.1, 0.15) is 11.7 Å². The summed E-state index contributed by atoms with van der Waals surface area (Å²) in [5.74, 6) is -1.72. The van der Waals surface area contributed by atoms with E-state index in [1.54, 1.807) is 24.3 Å². The number of alkyl halides is 3. The fourth-order valence-corrected chi connectivity index (χ4v) is 2.84. The molecule has 1 atom stereocenters. The summed E-state index contributed by atoms with van der Waals surface area (Å²) in [6.07, 6.45) is -0.626. The molecule has 5 nitrogen and oxygen atoms in total. The number of allylic oxidation sites excluding steroid dienone is 2. The number of esters is 1. The number of aryl methyl sites for hydroxylation is 1. The van der Waals surface area contributed by atoms with Crippen LogP contribution in [0.5, 0.6) is 0 Å². The van der Waals surface area contributed by atoms with E-state index in [0.29, 0.717) is 10.0 Å². The molecule has 0 unspecified atom stereocenters. The van der Waals surface area contributed by atoms with Crippen molar-refractivity contribution < 1.29 is 22.7 Å². The summed E-state index contributed by atoms with van der Waals surface area (Å²) < 4.78 is 46.5. The minimum absolute atomic E-state index is 0.0565. The number of aliphatic imine (C=N–C) groups is 2. The average Bonchev–Trinajstić information content (AvgIpc) is 2.60. The third-order valence-electron chi connectivity index (χ3n) is 3.84. The van der Waals surface area contributed by atoms with Crippen LogP contribution < -0.4 is 0 Å². The van der Waals surface area contributed by atoms with Gasteiger partial charge in [-0.1, -0.05) is 29.8 Å². The summed E-state index contributed by atoms with van der Waals surface area (Å²) in [5, 5.41) is 0. The van der Waals surface area contributed by atoms with Crippen LogP contribution in [0.2, 0.25) is 0 Å². The Morgan fingerprint density at radius 2 is 1.85 bits per heavy atom. The van der Waals surface area contributed by atoms with Crippen molar-refractivity contribution in [2.75, 3.05) is 7.11 Å². The monoisotopic (exact) mass is 427 g/mol. The van der Waals surface area contributed by atoms with Crippen molar-refractivity contribution in [1.29, 1.82) is 0 Å². The molecule has 0 amide bonds. The van der Waals surface area contributed by atoms with Crippen molar-refractivity contribution in [1.82, 2.24) is 4.90 Å². The van der Waals surface area contributed by atoms with Crippen LogP contribution in [0, 0.1) is 6.92 Å². The van der Waals surface area contributed by atoms with Gasteiger partial charge in [0.25, 0.3) is 0 Å². The lowest BCUT2D eigenvalue weighted by Gasteiger charge is -2.36. The Bertz CT molecular complexity index is 872. The molecule has 2 aliphatic rings. The van der Waals surface area contributed by atoms with E-state index in [0.717, 1.165) is 12.7 Å². The smallest absolute Gasteiger partial charge is 0.445 e. The minimum Gasteiger partial charge on any atom is -0.465 e. The fraction of sp³-hybridized carbons (Fsp3) is 0.235. The van der Waals surface area contributed by atoms with E-state index in [1.165, 1.54) is 23.3 Å². The number of benzene rings is 1. The van der Waals surface area contributed by atoms with Gasteiger partial charge in [-0.3, -0.25) is 4.90 Å². The second-order valence-electron chi connectivity index (χ2n) is 5.65. The van der Waals surface area contributed by atoms with Crippen LogP contribution in [0.15, 0.2) is 57.1 Å². The molecule has 136 valence electrons. The summed E-state index contributed by atoms with van der Waals surface area (Å²) >= 11 is 3.28. The SMILES string of the molecule is COC(=O)[C@]1(C(F)(F)F)N=C2C=CC(Br)=CN2C(c2ccc(C)cc2)=N1. The highest BCUT2D eigenvalue weighted by Gasteiger charge is 2.64. The van der Waals surface area contributed by atoms with Crippen LogP contribution in [0.1, 0.15) is 11.1 Å². The van der Waals surface area contributed by atoms with E-state index in [4.69, 9.17) is 0 Å². The molecule has 1 aromatic carbocycles. The standard InChI is InChI=1S/C17H13BrF3N3O2/c1-10-3-5-11(6-4-10)14-23-16(15(25)26-2,17(19,20)21)22-13-8-7-12(18)9-24(13)14/h3-9H,1-2H3/t16-/m0/s1. The lowest BCUT2D eigenvalue weighted by Crippen LogP contribution is -2.55. The molecule has 9 heteroatoms. The minimum atomic E-state index is -5.07. The molecule has 0 aliphatic carbocycles. The van der Waals surface area contributed by atoms with Crippen molar-refractivity contribution in [3.05, 3.63) is 58.2 Å². The number of hydrogen-bond acceptors (Lipinski definition) is 5. The first-order chi connectivity index (χ1) is 12.2. The molecule has 26 heavy (non-hydrogen) atoms. The molecule has 0 saturated carbocycles. The number of carbonyl (C=O) groups is 1. The van der Waals surface area contributed by atoms with Gasteiger partial charge < -0.3 is 4.74 Å². The molecule has 0 N–H and O–H groups in total.